The number of benzene rings is 2. The second-order valence-electron chi connectivity index (χ2n) is 10.6. The van der Waals surface area contributed by atoms with Crippen LogP contribution in [0.4, 0.5) is 0 Å². The summed E-state index contributed by atoms with van der Waals surface area (Å²) in [6.45, 7) is 13.8. The van der Waals surface area contributed by atoms with E-state index in [2.05, 4.69) is 42.0 Å². The molecule has 2 aromatic carbocycles. The first-order chi connectivity index (χ1) is 16.1. The van der Waals surface area contributed by atoms with Gasteiger partial charge in [0.15, 0.2) is 6.61 Å². The smallest absolute Gasteiger partial charge is 0.261 e. The van der Waals surface area contributed by atoms with Gasteiger partial charge in [0.25, 0.3) is 5.91 Å². The molecule has 1 N–H and O–H groups in total. The van der Waals surface area contributed by atoms with Crippen LogP contribution in [0.25, 0.3) is 0 Å². The minimum atomic E-state index is -0.718. The number of nitrogens with zero attached hydrogens (tertiary/aromatic N) is 1. The maximum Gasteiger partial charge on any atom is 0.261 e. The minimum absolute atomic E-state index is 0.0172. The first-order valence-corrected chi connectivity index (χ1v) is 13.2. The van der Waals surface area contributed by atoms with Gasteiger partial charge in [-0.1, -0.05) is 63.0 Å². The molecule has 1 unspecified atom stereocenters. The molecule has 2 aromatic rings. The van der Waals surface area contributed by atoms with Crippen LogP contribution >= 0.6 is 39.1 Å². The zero-order valence-electron chi connectivity index (χ0n) is 21.5. The third-order valence-electron chi connectivity index (χ3n) is 5.42. The highest BCUT2D eigenvalue weighted by Crippen LogP contribution is 2.32. The molecule has 1 atom stereocenters. The Labute approximate surface area is 227 Å². The molecule has 0 aliphatic heterocycles. The SMILES string of the molecule is CCC(C(=O)NC(C)(C)C)N(Cc1c(Cl)cccc1Cl)C(=O)COc1ccc(C(C)(C)C)cc1Br. The minimum Gasteiger partial charge on any atom is -0.483 e. The maximum atomic E-state index is 13.5. The fraction of sp³-hybridized carbons (Fsp3) is 0.481. The van der Waals surface area contributed by atoms with Gasteiger partial charge in [-0.15, -0.1) is 0 Å². The Morgan fingerprint density at radius 2 is 1.66 bits per heavy atom. The lowest BCUT2D eigenvalue weighted by atomic mass is 9.87. The van der Waals surface area contributed by atoms with Crippen molar-refractivity contribution in [1.82, 2.24) is 10.2 Å². The van der Waals surface area contributed by atoms with Gasteiger partial charge in [-0.3, -0.25) is 9.59 Å². The van der Waals surface area contributed by atoms with Gasteiger partial charge in [0.05, 0.1) is 4.47 Å². The van der Waals surface area contributed by atoms with Crippen LogP contribution in [-0.4, -0.2) is 34.9 Å². The van der Waals surface area contributed by atoms with Crippen molar-refractivity contribution in [2.45, 2.75) is 78.4 Å². The highest BCUT2D eigenvalue weighted by atomic mass is 79.9. The van der Waals surface area contributed by atoms with Crippen molar-refractivity contribution in [3.05, 3.63) is 62.0 Å². The van der Waals surface area contributed by atoms with Crippen molar-refractivity contribution in [2.75, 3.05) is 6.61 Å². The predicted molar refractivity (Wildman–Crippen MR) is 147 cm³/mol. The number of ether oxygens (including phenoxy) is 1. The van der Waals surface area contributed by atoms with Gasteiger partial charge in [-0.05, 0) is 78.4 Å². The zero-order valence-corrected chi connectivity index (χ0v) is 24.6. The van der Waals surface area contributed by atoms with E-state index in [1.54, 1.807) is 18.2 Å². The number of amides is 2. The van der Waals surface area contributed by atoms with Crippen LogP contribution in [-0.2, 0) is 21.5 Å². The van der Waals surface area contributed by atoms with E-state index < -0.39 is 11.6 Å². The average molecular weight is 586 g/mol. The Hall–Kier alpha value is -1.76. The summed E-state index contributed by atoms with van der Waals surface area (Å²) in [6, 6.07) is 10.3. The molecule has 0 aliphatic rings. The van der Waals surface area contributed by atoms with E-state index in [1.165, 1.54) is 4.90 Å². The second-order valence-corrected chi connectivity index (χ2v) is 12.2. The third-order valence-corrected chi connectivity index (χ3v) is 6.75. The molecule has 0 fully saturated rings. The Morgan fingerprint density at radius 1 is 1.06 bits per heavy atom. The maximum absolute atomic E-state index is 13.5. The predicted octanol–water partition coefficient (Wildman–Crippen LogP) is 7.15. The quantitative estimate of drug-likeness (QED) is 0.358. The van der Waals surface area contributed by atoms with Crippen LogP contribution in [0, 0.1) is 0 Å². The lowest BCUT2D eigenvalue weighted by molar-refractivity contribution is -0.143. The summed E-state index contributed by atoms with van der Waals surface area (Å²) in [5, 5.41) is 3.84. The first kappa shape index (κ1) is 29.5. The van der Waals surface area contributed by atoms with E-state index in [1.807, 2.05) is 45.9 Å². The Morgan fingerprint density at radius 3 is 2.14 bits per heavy atom. The molecule has 0 saturated heterocycles. The largest absolute Gasteiger partial charge is 0.483 e. The molecule has 0 spiro atoms. The van der Waals surface area contributed by atoms with E-state index in [-0.39, 0.29) is 30.4 Å². The molecule has 5 nitrogen and oxygen atoms in total. The summed E-state index contributed by atoms with van der Waals surface area (Å²) >= 11 is 16.3. The molecular weight excluding hydrogens is 551 g/mol. The second kappa shape index (κ2) is 12.0. The van der Waals surface area contributed by atoms with E-state index in [9.17, 15) is 9.59 Å². The zero-order chi connectivity index (χ0) is 26.6. The van der Waals surface area contributed by atoms with Gasteiger partial charge in [0.1, 0.15) is 11.8 Å². The normalized spacial score (nSPS) is 12.7. The fourth-order valence-corrected chi connectivity index (χ4v) is 4.54. The van der Waals surface area contributed by atoms with Gasteiger partial charge >= 0.3 is 0 Å². The Balaban J connectivity index is 2.33. The molecule has 0 aromatic heterocycles. The van der Waals surface area contributed by atoms with Gasteiger partial charge in [-0.25, -0.2) is 0 Å². The van der Waals surface area contributed by atoms with Crippen LogP contribution < -0.4 is 10.1 Å². The molecule has 0 bridgehead atoms. The molecule has 8 heteroatoms. The van der Waals surface area contributed by atoms with Crippen molar-refractivity contribution in [3.63, 3.8) is 0 Å². The number of halogens is 3. The molecule has 0 radical (unpaired) electrons. The fourth-order valence-electron chi connectivity index (χ4n) is 3.53. The average Bonchev–Trinajstić information content (AvgIpc) is 2.72. The third kappa shape index (κ3) is 8.40. The molecule has 0 saturated carbocycles. The summed E-state index contributed by atoms with van der Waals surface area (Å²) < 4.78 is 6.65. The lowest BCUT2D eigenvalue weighted by Gasteiger charge is -2.33. The highest BCUT2D eigenvalue weighted by Gasteiger charge is 2.32. The van der Waals surface area contributed by atoms with Crippen LogP contribution in [0.1, 0.15) is 66.0 Å². The number of hydrogen-bond acceptors (Lipinski definition) is 3. The van der Waals surface area contributed by atoms with Crippen molar-refractivity contribution in [2.24, 2.45) is 0 Å². The van der Waals surface area contributed by atoms with E-state index >= 15 is 0 Å². The van der Waals surface area contributed by atoms with E-state index in [0.717, 1.165) is 10.0 Å². The number of rotatable bonds is 8. The summed E-state index contributed by atoms with van der Waals surface area (Å²) in [6.07, 6.45) is 0.416. The van der Waals surface area contributed by atoms with E-state index in [0.29, 0.717) is 27.8 Å². The van der Waals surface area contributed by atoms with Crippen molar-refractivity contribution in [3.8, 4) is 5.75 Å². The molecule has 2 amide bonds. The van der Waals surface area contributed by atoms with E-state index in [4.69, 9.17) is 27.9 Å². The van der Waals surface area contributed by atoms with Crippen molar-refractivity contribution in [1.29, 1.82) is 0 Å². The summed E-state index contributed by atoms with van der Waals surface area (Å²) in [4.78, 5) is 28.1. The lowest BCUT2D eigenvalue weighted by Crippen LogP contribution is -2.54. The monoisotopic (exact) mass is 584 g/mol. The van der Waals surface area contributed by atoms with Gasteiger partial charge in [-0.2, -0.15) is 0 Å². The molecule has 2 rings (SSSR count). The van der Waals surface area contributed by atoms with Gasteiger partial charge in [0.2, 0.25) is 5.91 Å². The molecular formula is C27H35BrCl2N2O3. The van der Waals surface area contributed by atoms with Gasteiger partial charge in [0, 0.05) is 27.7 Å². The number of nitrogens with one attached hydrogen (secondary N) is 1. The number of hydrogen-bond donors (Lipinski definition) is 1. The Kier molecular flexibility index (Phi) is 10.1. The van der Waals surface area contributed by atoms with Crippen LogP contribution in [0.5, 0.6) is 5.75 Å². The molecule has 0 heterocycles. The molecule has 0 aliphatic carbocycles. The topological polar surface area (TPSA) is 58.6 Å². The summed E-state index contributed by atoms with van der Waals surface area (Å²) in [5.41, 5.74) is 1.26. The molecule has 35 heavy (non-hydrogen) atoms. The standard InChI is InChI=1S/C27H35BrCl2N2O3/c1-8-22(25(34)31-27(5,6)7)32(15-18-20(29)10-9-11-21(18)30)24(33)16-35-23-13-12-17(14-19(23)28)26(2,3)4/h9-14,22H,8,15-16H2,1-7H3,(H,31,34). The highest BCUT2D eigenvalue weighted by molar-refractivity contribution is 9.10. The van der Waals surface area contributed by atoms with Crippen LogP contribution in [0.2, 0.25) is 10.0 Å². The van der Waals surface area contributed by atoms with Crippen molar-refractivity contribution < 1.29 is 14.3 Å². The first-order valence-electron chi connectivity index (χ1n) is 11.6. The van der Waals surface area contributed by atoms with Crippen LogP contribution in [0.3, 0.4) is 0 Å². The Bertz CT molecular complexity index is 1040. The van der Waals surface area contributed by atoms with Gasteiger partial charge < -0.3 is 15.0 Å². The number of carbonyl (C=O) groups is 2. The van der Waals surface area contributed by atoms with Crippen molar-refractivity contribution >= 4 is 50.9 Å². The molecule has 192 valence electrons. The van der Waals surface area contributed by atoms with Crippen LogP contribution in [0.15, 0.2) is 40.9 Å². The summed E-state index contributed by atoms with van der Waals surface area (Å²) in [7, 11) is 0. The summed E-state index contributed by atoms with van der Waals surface area (Å²) in [5.74, 6) is -0.0369. The number of carbonyl (C=O) groups excluding carboxylic acids is 2.